The summed E-state index contributed by atoms with van der Waals surface area (Å²) in [5.41, 5.74) is 0.315. The molecule has 0 unspecified atom stereocenters. The number of hydrogen-bond acceptors (Lipinski definition) is 4. The second kappa shape index (κ2) is 8.34. The van der Waals surface area contributed by atoms with Gasteiger partial charge in [0.2, 0.25) is 0 Å². The van der Waals surface area contributed by atoms with Crippen LogP contribution in [-0.4, -0.2) is 29.6 Å². The van der Waals surface area contributed by atoms with Crippen LogP contribution in [0.5, 0.6) is 0 Å². The van der Waals surface area contributed by atoms with E-state index < -0.39 is 17.6 Å². The summed E-state index contributed by atoms with van der Waals surface area (Å²) >= 11 is 3.35. The van der Waals surface area contributed by atoms with Crippen LogP contribution in [0.4, 0.5) is 4.79 Å². The highest BCUT2D eigenvalue weighted by atomic mass is 79.9. The van der Waals surface area contributed by atoms with E-state index >= 15 is 0 Å². The Kier molecular flexibility index (Phi) is 6.42. The third kappa shape index (κ3) is 5.74. The molecule has 1 atom stereocenters. The number of hydrogen-bond donors (Lipinski definition) is 0. The van der Waals surface area contributed by atoms with Crippen LogP contribution >= 0.6 is 15.9 Å². The third-order valence-corrected chi connectivity index (χ3v) is 3.98. The molecule has 0 spiro atoms. The minimum absolute atomic E-state index is 0.0732. The monoisotopic (exact) mass is 407 g/mol. The molecule has 0 saturated carbocycles. The fourth-order valence-electron chi connectivity index (χ4n) is 2.06. The molecular weight excluding hydrogens is 386 g/mol. The second-order valence-electron chi connectivity index (χ2n) is 6.74. The maximum Gasteiger partial charge on any atom is 0.414 e. The number of nitrogens with zero attached hydrogens (tertiary/aromatic N) is 1. The van der Waals surface area contributed by atoms with Crippen LogP contribution < -0.4 is 0 Å². The lowest BCUT2D eigenvalue weighted by molar-refractivity contribution is -0.153. The van der Waals surface area contributed by atoms with Crippen LogP contribution in [0.3, 0.4) is 0 Å². The van der Waals surface area contributed by atoms with Gasteiger partial charge >= 0.3 is 12.1 Å². The van der Waals surface area contributed by atoms with Crippen LogP contribution in [0.15, 0.2) is 53.2 Å². The average Bonchev–Trinajstić information content (AvgIpc) is 2.58. The lowest BCUT2D eigenvalue weighted by atomic mass is 9.97. The highest BCUT2D eigenvalue weighted by molar-refractivity contribution is 9.11. The van der Waals surface area contributed by atoms with Crippen molar-refractivity contribution in [2.24, 2.45) is 5.41 Å². The first-order chi connectivity index (χ1) is 11.8. The average molecular weight is 408 g/mol. The second-order valence-corrected chi connectivity index (χ2v) is 7.65. The number of allylic oxidation sites excluding steroid dienone is 2. The molecule has 0 N–H and O–H groups in total. The molecule has 0 saturated heterocycles. The van der Waals surface area contributed by atoms with E-state index in [0.29, 0.717) is 0 Å². The molecule has 0 aliphatic carbocycles. The zero-order valence-electron chi connectivity index (χ0n) is 14.6. The van der Waals surface area contributed by atoms with Gasteiger partial charge in [-0.25, -0.2) is 4.79 Å². The molecule has 0 bridgehead atoms. The number of amides is 1. The molecule has 1 aliphatic heterocycles. The van der Waals surface area contributed by atoms with E-state index in [0.717, 1.165) is 10.0 Å². The van der Waals surface area contributed by atoms with E-state index in [1.165, 1.54) is 4.90 Å². The van der Waals surface area contributed by atoms with Crippen LogP contribution in [0.2, 0.25) is 0 Å². The third-order valence-electron chi connectivity index (χ3n) is 3.51. The van der Waals surface area contributed by atoms with E-state index in [1.807, 2.05) is 36.4 Å². The van der Waals surface area contributed by atoms with Crippen LogP contribution in [0.1, 0.15) is 26.3 Å². The molecule has 6 heteroatoms. The van der Waals surface area contributed by atoms with Gasteiger partial charge in [0.1, 0.15) is 13.2 Å². The lowest BCUT2D eigenvalue weighted by Gasteiger charge is -2.29. The molecule has 0 radical (unpaired) electrons. The zero-order valence-corrected chi connectivity index (χ0v) is 16.2. The van der Waals surface area contributed by atoms with E-state index in [2.05, 4.69) is 15.9 Å². The largest absolute Gasteiger partial charge is 0.463 e. The Morgan fingerprint density at radius 2 is 1.84 bits per heavy atom. The van der Waals surface area contributed by atoms with Crippen molar-refractivity contribution in [3.63, 3.8) is 0 Å². The first-order valence-electron chi connectivity index (χ1n) is 7.99. The molecule has 5 nitrogen and oxygen atoms in total. The first-order valence-corrected chi connectivity index (χ1v) is 8.78. The van der Waals surface area contributed by atoms with E-state index in [1.54, 1.807) is 33.0 Å². The zero-order chi connectivity index (χ0) is 18.4. The molecule has 0 fully saturated rings. The Morgan fingerprint density at radius 3 is 2.48 bits per heavy atom. The van der Waals surface area contributed by atoms with Crippen LogP contribution in [0, 0.1) is 5.41 Å². The minimum atomic E-state index is -0.590. The summed E-state index contributed by atoms with van der Waals surface area (Å²) in [6.45, 7) is 5.61. The molecule has 25 heavy (non-hydrogen) atoms. The Labute approximate surface area is 156 Å². The van der Waals surface area contributed by atoms with Gasteiger partial charge < -0.3 is 9.47 Å². The summed E-state index contributed by atoms with van der Waals surface area (Å²) in [5, 5.41) is 0. The molecule has 1 amide bonds. The van der Waals surface area contributed by atoms with Gasteiger partial charge in [0, 0.05) is 10.7 Å². The van der Waals surface area contributed by atoms with Gasteiger partial charge in [-0.05, 0) is 48.3 Å². The van der Waals surface area contributed by atoms with Crippen molar-refractivity contribution in [2.75, 3.05) is 6.61 Å². The SMILES string of the molecule is CC(C)(C)C(=O)OC[C@@H]1C=CC(Br)=CN1C(=O)OCc1ccccc1. The summed E-state index contributed by atoms with van der Waals surface area (Å²) in [5.74, 6) is -0.313. The molecule has 1 aliphatic rings. The van der Waals surface area contributed by atoms with Crippen molar-refractivity contribution < 1.29 is 19.1 Å². The maximum absolute atomic E-state index is 12.4. The maximum atomic E-state index is 12.4. The first kappa shape index (κ1) is 19.2. The van der Waals surface area contributed by atoms with Gasteiger partial charge in [0.05, 0.1) is 11.5 Å². The van der Waals surface area contributed by atoms with Crippen molar-refractivity contribution in [1.82, 2.24) is 4.90 Å². The molecule has 1 aromatic carbocycles. The van der Waals surface area contributed by atoms with E-state index in [4.69, 9.17) is 9.47 Å². The van der Waals surface area contributed by atoms with Crippen LogP contribution in [-0.2, 0) is 20.9 Å². The number of halogens is 1. The van der Waals surface area contributed by atoms with Gasteiger partial charge in [-0.2, -0.15) is 0 Å². The van der Waals surface area contributed by atoms with Crippen molar-refractivity contribution in [3.05, 3.63) is 58.7 Å². The standard InChI is InChI=1S/C19H22BrNO4/c1-19(2,3)17(22)24-13-16-10-9-15(20)11-21(16)18(23)25-12-14-7-5-4-6-8-14/h4-11,16H,12-13H2,1-3H3/t16-/m0/s1. The van der Waals surface area contributed by atoms with E-state index in [-0.39, 0.29) is 19.2 Å². The molecule has 134 valence electrons. The number of ether oxygens (including phenoxy) is 2. The summed E-state index contributed by atoms with van der Waals surface area (Å²) in [6.07, 6.45) is 4.74. The van der Waals surface area contributed by atoms with Crippen molar-refractivity contribution >= 4 is 28.0 Å². The highest BCUT2D eigenvalue weighted by Crippen LogP contribution is 2.21. The molecular formula is C19H22BrNO4. The Balaban J connectivity index is 1.98. The number of esters is 1. The normalized spacial score (nSPS) is 17.0. The van der Waals surface area contributed by atoms with Gasteiger partial charge in [-0.1, -0.05) is 36.4 Å². The van der Waals surface area contributed by atoms with Crippen molar-refractivity contribution in [2.45, 2.75) is 33.4 Å². The predicted octanol–water partition coefficient (Wildman–Crippen LogP) is 4.39. The van der Waals surface area contributed by atoms with Gasteiger partial charge in [0.15, 0.2) is 0 Å². The minimum Gasteiger partial charge on any atom is -0.463 e. The Bertz CT molecular complexity index is 676. The number of rotatable bonds is 4. The summed E-state index contributed by atoms with van der Waals surface area (Å²) in [6, 6.07) is 9.04. The summed E-state index contributed by atoms with van der Waals surface area (Å²) in [4.78, 5) is 25.8. The fourth-order valence-corrected chi connectivity index (χ4v) is 2.44. The van der Waals surface area contributed by atoms with Crippen molar-refractivity contribution in [1.29, 1.82) is 0 Å². The Morgan fingerprint density at radius 1 is 1.16 bits per heavy atom. The van der Waals surface area contributed by atoms with E-state index in [9.17, 15) is 9.59 Å². The number of benzene rings is 1. The van der Waals surface area contributed by atoms with Gasteiger partial charge in [0.25, 0.3) is 0 Å². The van der Waals surface area contributed by atoms with Crippen LogP contribution in [0.25, 0.3) is 0 Å². The topological polar surface area (TPSA) is 55.8 Å². The summed E-state index contributed by atoms with van der Waals surface area (Å²) < 4.78 is 11.4. The van der Waals surface area contributed by atoms with Crippen molar-refractivity contribution in [3.8, 4) is 0 Å². The molecule has 2 rings (SSSR count). The lowest BCUT2D eigenvalue weighted by Crippen LogP contribution is -2.41. The molecule has 0 aromatic heterocycles. The predicted molar refractivity (Wildman–Crippen MR) is 98.8 cm³/mol. The number of carbonyl (C=O) groups is 2. The van der Waals surface area contributed by atoms with Gasteiger partial charge in [-0.3, -0.25) is 9.69 Å². The van der Waals surface area contributed by atoms with Gasteiger partial charge in [-0.15, -0.1) is 0 Å². The molecule has 1 heterocycles. The quantitative estimate of drug-likeness (QED) is 0.694. The molecule has 1 aromatic rings. The smallest absolute Gasteiger partial charge is 0.414 e. The number of carbonyl (C=O) groups excluding carboxylic acids is 2. The fraction of sp³-hybridized carbons (Fsp3) is 0.368. The highest BCUT2D eigenvalue weighted by Gasteiger charge is 2.28. The Hall–Kier alpha value is -2.08. The summed E-state index contributed by atoms with van der Waals surface area (Å²) in [7, 11) is 0.